The van der Waals surface area contributed by atoms with E-state index in [0.29, 0.717) is 42.5 Å². The molecule has 4 aromatic rings. The minimum absolute atomic E-state index is 0.0306. The van der Waals surface area contributed by atoms with Gasteiger partial charge in [-0.3, -0.25) is 9.08 Å². The normalized spacial score (nSPS) is 17.2. The van der Waals surface area contributed by atoms with Crippen LogP contribution in [0.2, 0.25) is 0 Å². The molecule has 1 aromatic carbocycles. The molecule has 0 saturated heterocycles. The second kappa shape index (κ2) is 6.19. The van der Waals surface area contributed by atoms with Crippen molar-refractivity contribution in [2.75, 3.05) is 18.5 Å². The first-order valence-corrected chi connectivity index (χ1v) is 9.78. The van der Waals surface area contributed by atoms with Gasteiger partial charge in [-0.15, -0.1) is 10.2 Å². The van der Waals surface area contributed by atoms with Gasteiger partial charge in [-0.05, 0) is 30.7 Å². The van der Waals surface area contributed by atoms with E-state index in [9.17, 15) is 4.39 Å². The highest BCUT2D eigenvalue weighted by molar-refractivity contribution is 5.81. The van der Waals surface area contributed by atoms with Crippen LogP contribution in [0.5, 0.6) is 11.5 Å². The molecule has 2 aliphatic rings. The second-order valence-electron chi connectivity index (χ2n) is 7.71. The third-order valence-electron chi connectivity index (χ3n) is 5.90. The number of nitrogens with zero attached hydrogens (tertiary/aromatic N) is 5. The molecule has 9 heteroatoms. The molecule has 30 heavy (non-hydrogen) atoms. The van der Waals surface area contributed by atoms with Gasteiger partial charge in [0.1, 0.15) is 17.9 Å². The summed E-state index contributed by atoms with van der Waals surface area (Å²) < 4.78 is 30.4. The second-order valence-corrected chi connectivity index (χ2v) is 7.71. The zero-order chi connectivity index (χ0) is 20.4. The van der Waals surface area contributed by atoms with Crippen molar-refractivity contribution in [1.82, 2.24) is 24.4 Å². The number of aryl methyl sites for hydroxylation is 2. The smallest absolute Gasteiger partial charge is 0.171 e. The molecule has 6 rings (SSSR count). The topological polar surface area (TPSA) is 78.5 Å². The molecule has 0 aliphatic carbocycles. The summed E-state index contributed by atoms with van der Waals surface area (Å²) in [7, 11) is 1.90. The van der Waals surface area contributed by atoms with Crippen molar-refractivity contribution >= 4 is 11.5 Å². The molecule has 0 bridgehead atoms. The fourth-order valence-corrected chi connectivity index (χ4v) is 4.49. The summed E-state index contributed by atoms with van der Waals surface area (Å²) in [5.41, 5.74) is 5.02. The quantitative estimate of drug-likeness (QED) is 0.524. The van der Waals surface area contributed by atoms with Crippen molar-refractivity contribution in [2.45, 2.75) is 19.4 Å². The van der Waals surface area contributed by atoms with E-state index >= 15 is 0 Å². The van der Waals surface area contributed by atoms with E-state index in [1.54, 1.807) is 12.4 Å². The molecule has 1 atom stereocenters. The first-order chi connectivity index (χ1) is 14.6. The molecule has 0 amide bonds. The summed E-state index contributed by atoms with van der Waals surface area (Å²) in [6.45, 7) is 3.18. The summed E-state index contributed by atoms with van der Waals surface area (Å²) in [5, 5.41) is 16.1. The van der Waals surface area contributed by atoms with Crippen LogP contribution in [0.15, 0.2) is 30.7 Å². The Morgan fingerprint density at radius 3 is 2.83 bits per heavy atom. The van der Waals surface area contributed by atoms with Crippen LogP contribution in [0.3, 0.4) is 0 Å². The van der Waals surface area contributed by atoms with Crippen molar-refractivity contribution in [3.63, 3.8) is 0 Å². The van der Waals surface area contributed by atoms with Crippen LogP contribution in [0.4, 0.5) is 10.2 Å². The minimum atomic E-state index is -0.248. The Bertz CT molecular complexity index is 1290. The lowest BCUT2D eigenvalue weighted by molar-refractivity contribution is 0.249. The van der Waals surface area contributed by atoms with Gasteiger partial charge in [0, 0.05) is 30.3 Å². The largest absolute Gasteiger partial charge is 0.493 e. The van der Waals surface area contributed by atoms with Gasteiger partial charge >= 0.3 is 0 Å². The first kappa shape index (κ1) is 17.3. The van der Waals surface area contributed by atoms with Gasteiger partial charge in [0.05, 0.1) is 31.0 Å². The minimum Gasteiger partial charge on any atom is -0.493 e. The molecular weight excluding hydrogens is 387 g/mol. The van der Waals surface area contributed by atoms with Gasteiger partial charge in [-0.1, -0.05) is 0 Å². The molecule has 3 aromatic heterocycles. The summed E-state index contributed by atoms with van der Waals surface area (Å²) in [4.78, 5) is 0. The summed E-state index contributed by atoms with van der Waals surface area (Å²) in [6.07, 6.45) is 3.46. The highest BCUT2D eigenvalue weighted by atomic mass is 19.1. The summed E-state index contributed by atoms with van der Waals surface area (Å²) >= 11 is 0. The highest BCUT2D eigenvalue weighted by Crippen LogP contribution is 2.42. The number of hydrogen-bond acceptors (Lipinski definition) is 6. The molecule has 0 spiro atoms. The van der Waals surface area contributed by atoms with Crippen molar-refractivity contribution in [1.29, 1.82) is 0 Å². The third-order valence-corrected chi connectivity index (χ3v) is 5.90. The fraction of sp³-hybridized carbons (Fsp3) is 0.286. The van der Waals surface area contributed by atoms with E-state index in [1.807, 2.05) is 35.3 Å². The van der Waals surface area contributed by atoms with Crippen LogP contribution in [0.25, 0.3) is 16.9 Å². The number of aromatic nitrogens is 5. The van der Waals surface area contributed by atoms with Crippen LogP contribution in [0.1, 0.15) is 22.6 Å². The molecule has 0 fully saturated rings. The van der Waals surface area contributed by atoms with Gasteiger partial charge < -0.3 is 14.8 Å². The molecule has 152 valence electrons. The SMILES string of the molecule is Cc1cnn(C)c1-c1cc2c(n3cnnc13)NCc1c(F)ccc3c1[C@@H](CO3)CO2. The van der Waals surface area contributed by atoms with E-state index in [0.717, 1.165) is 28.1 Å². The van der Waals surface area contributed by atoms with Gasteiger partial charge in [-0.25, -0.2) is 4.39 Å². The van der Waals surface area contributed by atoms with E-state index in [2.05, 4.69) is 20.6 Å². The van der Waals surface area contributed by atoms with Crippen molar-refractivity contribution < 1.29 is 13.9 Å². The maximum Gasteiger partial charge on any atom is 0.171 e. The van der Waals surface area contributed by atoms with E-state index in [4.69, 9.17) is 9.47 Å². The lowest BCUT2D eigenvalue weighted by Gasteiger charge is -2.17. The van der Waals surface area contributed by atoms with Crippen LogP contribution < -0.4 is 14.8 Å². The molecule has 5 heterocycles. The number of pyridine rings is 1. The van der Waals surface area contributed by atoms with Crippen molar-refractivity contribution in [2.24, 2.45) is 7.05 Å². The van der Waals surface area contributed by atoms with Crippen LogP contribution in [0, 0.1) is 12.7 Å². The monoisotopic (exact) mass is 406 g/mol. The third kappa shape index (κ3) is 2.35. The Morgan fingerprint density at radius 1 is 1.20 bits per heavy atom. The van der Waals surface area contributed by atoms with Gasteiger partial charge in [0.15, 0.2) is 17.2 Å². The number of fused-ring (bicyclic) bond motifs is 3. The lowest BCUT2D eigenvalue weighted by atomic mass is 9.96. The number of rotatable bonds is 1. The molecule has 0 radical (unpaired) electrons. The van der Waals surface area contributed by atoms with Gasteiger partial charge in [-0.2, -0.15) is 5.10 Å². The highest BCUT2D eigenvalue weighted by Gasteiger charge is 2.32. The van der Waals surface area contributed by atoms with E-state index in [-0.39, 0.29) is 11.7 Å². The Labute approximate surface area is 171 Å². The standard InChI is InChI=1S/C21H19FN6O2/c1-11-6-25-27(2)19(11)13-5-17-21(28-10-24-26-20(13)28)23-7-14-15(22)3-4-16-18(14)12(8-29-16)9-30-17/h3-6,10,12,23H,7-9H2,1-2H3/t12-/m0/s1. The molecule has 0 unspecified atom stereocenters. The summed E-state index contributed by atoms with van der Waals surface area (Å²) in [5.74, 6) is 1.80. The lowest BCUT2D eigenvalue weighted by Crippen LogP contribution is -2.13. The molecule has 1 N–H and O–H groups in total. The first-order valence-electron chi connectivity index (χ1n) is 9.78. The Kier molecular flexibility index (Phi) is 3.56. The van der Waals surface area contributed by atoms with Crippen molar-refractivity contribution in [3.05, 3.63) is 53.2 Å². The number of benzene rings is 1. The van der Waals surface area contributed by atoms with Crippen LogP contribution in [-0.4, -0.2) is 37.6 Å². The molecule has 2 aliphatic heterocycles. The number of halogens is 1. The zero-order valence-corrected chi connectivity index (χ0v) is 16.5. The van der Waals surface area contributed by atoms with Gasteiger partial charge in [0.2, 0.25) is 0 Å². The van der Waals surface area contributed by atoms with Crippen LogP contribution in [-0.2, 0) is 13.6 Å². The zero-order valence-electron chi connectivity index (χ0n) is 16.5. The number of hydrogen-bond donors (Lipinski definition) is 1. The molecule has 0 saturated carbocycles. The average molecular weight is 406 g/mol. The molecular formula is C21H19FN6O2. The Balaban J connectivity index is 1.54. The average Bonchev–Trinajstić information content (AvgIpc) is 3.45. The molecule has 8 nitrogen and oxygen atoms in total. The predicted molar refractivity (Wildman–Crippen MR) is 107 cm³/mol. The van der Waals surface area contributed by atoms with E-state index in [1.165, 1.54) is 6.07 Å². The maximum atomic E-state index is 14.7. The van der Waals surface area contributed by atoms with Crippen LogP contribution >= 0.6 is 0 Å². The van der Waals surface area contributed by atoms with Crippen molar-refractivity contribution in [3.8, 4) is 22.8 Å². The maximum absolute atomic E-state index is 14.7. The Morgan fingerprint density at radius 2 is 2.03 bits per heavy atom. The predicted octanol–water partition coefficient (Wildman–Crippen LogP) is 3.06. The Hall–Kier alpha value is -3.62. The summed E-state index contributed by atoms with van der Waals surface area (Å²) in [6, 6.07) is 5.11. The number of nitrogens with one attached hydrogen (secondary N) is 1. The number of anilines is 1. The fourth-order valence-electron chi connectivity index (χ4n) is 4.49. The van der Waals surface area contributed by atoms with Gasteiger partial charge in [0.25, 0.3) is 0 Å². The van der Waals surface area contributed by atoms with E-state index < -0.39 is 0 Å². The number of ether oxygens (including phenoxy) is 2.